The predicted molar refractivity (Wildman–Crippen MR) is 184 cm³/mol. The van der Waals surface area contributed by atoms with Gasteiger partial charge in [-0.1, -0.05) is 18.2 Å². The third-order valence-corrected chi connectivity index (χ3v) is 10.3. The SMILES string of the molecule is CC(=O)N(CCN1CCC(N(C)C(=O)N(C)C)C1)CC(O)CN1[C@@H]2CC[C@H]1CC(NC(=O)Oc1cc3ccccc3n(C(C)C)c1=O)C2. The summed E-state index contributed by atoms with van der Waals surface area (Å²) in [5, 5.41) is 14.9. The molecule has 48 heavy (non-hydrogen) atoms. The van der Waals surface area contributed by atoms with Gasteiger partial charge >= 0.3 is 12.1 Å². The second-order valence-corrected chi connectivity index (χ2v) is 14.3. The molecule has 3 aliphatic rings. The second-order valence-electron chi connectivity index (χ2n) is 14.3. The van der Waals surface area contributed by atoms with Crippen LogP contribution < -0.4 is 15.6 Å². The summed E-state index contributed by atoms with van der Waals surface area (Å²) in [6, 6.07) is 9.54. The molecular formula is C35H53N7O6. The highest BCUT2D eigenvalue weighted by Crippen LogP contribution is 2.36. The molecule has 3 saturated heterocycles. The van der Waals surface area contributed by atoms with E-state index in [9.17, 15) is 24.3 Å². The molecule has 264 valence electrons. The number of para-hydroxylation sites is 1. The molecule has 1 aromatic carbocycles. The number of aromatic nitrogens is 1. The summed E-state index contributed by atoms with van der Waals surface area (Å²) in [7, 11) is 5.34. The summed E-state index contributed by atoms with van der Waals surface area (Å²) in [5.41, 5.74) is 0.460. The fourth-order valence-electron chi connectivity index (χ4n) is 7.83. The number of piperidine rings is 1. The maximum Gasteiger partial charge on any atom is 0.413 e. The Labute approximate surface area is 283 Å². The van der Waals surface area contributed by atoms with Crippen molar-refractivity contribution in [2.24, 2.45) is 0 Å². The Morgan fingerprint density at radius 2 is 1.75 bits per heavy atom. The first-order chi connectivity index (χ1) is 22.8. The maximum atomic E-state index is 13.2. The number of hydrogen-bond donors (Lipinski definition) is 2. The van der Waals surface area contributed by atoms with Crippen LogP contribution in [0.4, 0.5) is 9.59 Å². The smallest absolute Gasteiger partial charge is 0.404 e. The van der Waals surface area contributed by atoms with Crippen molar-refractivity contribution in [2.45, 2.75) is 89.2 Å². The number of likely N-dealkylation sites (N-methyl/N-ethyl adjacent to an activating group) is 1. The number of nitrogens with one attached hydrogen (secondary N) is 1. The first-order valence-corrected chi connectivity index (χ1v) is 17.3. The first kappa shape index (κ1) is 35.6. The zero-order valence-electron chi connectivity index (χ0n) is 29.3. The fraction of sp³-hybridized carbons (Fsp3) is 0.657. The number of amides is 4. The molecule has 5 atom stereocenters. The van der Waals surface area contributed by atoms with Crippen LogP contribution in [-0.2, 0) is 4.79 Å². The van der Waals surface area contributed by atoms with Crippen LogP contribution in [0, 0.1) is 0 Å². The van der Waals surface area contributed by atoms with Gasteiger partial charge in [0.25, 0.3) is 5.56 Å². The summed E-state index contributed by atoms with van der Waals surface area (Å²) in [6.07, 6.45) is 2.97. The molecule has 4 amide bonds. The molecule has 3 fully saturated rings. The van der Waals surface area contributed by atoms with Crippen molar-refractivity contribution in [1.82, 2.24) is 34.4 Å². The number of carbonyl (C=O) groups excluding carboxylic acids is 3. The summed E-state index contributed by atoms with van der Waals surface area (Å²) >= 11 is 0. The minimum atomic E-state index is -0.697. The number of hydrogen-bond acceptors (Lipinski definition) is 8. The zero-order chi connectivity index (χ0) is 34.7. The quantitative estimate of drug-likeness (QED) is 0.374. The molecule has 13 heteroatoms. The lowest BCUT2D eigenvalue weighted by Crippen LogP contribution is -2.54. The minimum Gasteiger partial charge on any atom is -0.404 e. The molecule has 0 saturated carbocycles. The van der Waals surface area contributed by atoms with E-state index in [0.717, 1.165) is 56.1 Å². The fourth-order valence-corrected chi connectivity index (χ4v) is 7.83. The van der Waals surface area contributed by atoms with Crippen LogP contribution in [0.15, 0.2) is 35.1 Å². The van der Waals surface area contributed by atoms with Crippen molar-refractivity contribution in [3.05, 3.63) is 40.7 Å². The van der Waals surface area contributed by atoms with E-state index in [1.165, 1.54) is 0 Å². The van der Waals surface area contributed by atoms with Gasteiger partial charge in [-0.05, 0) is 58.1 Å². The lowest BCUT2D eigenvalue weighted by Gasteiger charge is -2.40. The number of aliphatic hydroxyl groups excluding tert-OH is 1. The van der Waals surface area contributed by atoms with Crippen molar-refractivity contribution < 1.29 is 24.2 Å². The van der Waals surface area contributed by atoms with Crippen LogP contribution in [0.2, 0.25) is 0 Å². The predicted octanol–water partition coefficient (Wildman–Crippen LogP) is 2.56. The lowest BCUT2D eigenvalue weighted by molar-refractivity contribution is -0.130. The summed E-state index contributed by atoms with van der Waals surface area (Å²) in [4.78, 5) is 60.8. The highest BCUT2D eigenvalue weighted by Gasteiger charge is 2.42. The number of rotatable bonds is 11. The Morgan fingerprint density at radius 1 is 1.06 bits per heavy atom. The monoisotopic (exact) mass is 667 g/mol. The van der Waals surface area contributed by atoms with E-state index in [2.05, 4.69) is 15.1 Å². The molecule has 3 unspecified atom stereocenters. The second kappa shape index (κ2) is 15.3. The number of likely N-dealkylation sites (tertiary alicyclic amines) is 1. The molecule has 2 N–H and O–H groups in total. The molecule has 0 radical (unpaired) electrons. The third-order valence-electron chi connectivity index (χ3n) is 10.3. The molecule has 4 heterocycles. The van der Waals surface area contributed by atoms with Gasteiger partial charge in [0.2, 0.25) is 5.91 Å². The first-order valence-electron chi connectivity index (χ1n) is 17.3. The Kier molecular flexibility index (Phi) is 11.3. The van der Waals surface area contributed by atoms with Crippen molar-refractivity contribution in [1.29, 1.82) is 0 Å². The highest BCUT2D eigenvalue weighted by molar-refractivity contribution is 5.81. The number of aliphatic hydroxyl groups is 1. The Morgan fingerprint density at radius 3 is 2.40 bits per heavy atom. The van der Waals surface area contributed by atoms with Crippen LogP contribution in [0.25, 0.3) is 10.9 Å². The van der Waals surface area contributed by atoms with Crippen molar-refractivity contribution in [3.63, 3.8) is 0 Å². The van der Waals surface area contributed by atoms with E-state index in [-0.39, 0.29) is 60.0 Å². The maximum absolute atomic E-state index is 13.2. The van der Waals surface area contributed by atoms with E-state index in [4.69, 9.17) is 4.74 Å². The topological polar surface area (TPSA) is 131 Å². The number of benzene rings is 1. The van der Waals surface area contributed by atoms with Gasteiger partial charge in [-0.25, -0.2) is 9.59 Å². The zero-order valence-corrected chi connectivity index (χ0v) is 29.3. The van der Waals surface area contributed by atoms with Crippen molar-refractivity contribution in [2.75, 3.05) is 60.4 Å². The Hall–Kier alpha value is -3.68. The van der Waals surface area contributed by atoms with E-state index in [1.54, 1.807) is 46.4 Å². The summed E-state index contributed by atoms with van der Waals surface area (Å²) in [6.45, 7) is 8.96. The van der Waals surface area contributed by atoms with Gasteiger partial charge in [0, 0.05) is 103 Å². The van der Waals surface area contributed by atoms with Crippen molar-refractivity contribution in [3.8, 4) is 5.75 Å². The Bertz CT molecular complexity index is 1510. The molecular weight excluding hydrogens is 614 g/mol. The van der Waals surface area contributed by atoms with Crippen LogP contribution in [0.5, 0.6) is 5.75 Å². The molecule has 3 aliphatic heterocycles. The van der Waals surface area contributed by atoms with Gasteiger partial charge in [-0.3, -0.25) is 19.4 Å². The van der Waals surface area contributed by atoms with Gasteiger partial charge in [0.05, 0.1) is 11.6 Å². The average Bonchev–Trinajstić information content (AvgIpc) is 3.59. The lowest BCUT2D eigenvalue weighted by atomic mass is 9.97. The van der Waals surface area contributed by atoms with Crippen LogP contribution in [0.1, 0.15) is 58.9 Å². The minimum absolute atomic E-state index is 0.00905. The standard InChI is InChI=1S/C35H53N7O6/c1-23(2)42-31-10-8-7-9-25(31)17-32(33(42)45)48-34(46)36-26-18-27-11-12-28(19-26)41(27)22-30(44)21-40(24(3)43)16-15-39-14-13-29(20-39)38(6)35(47)37(4)5/h7-10,17,23,26-30,44H,11-16,18-22H2,1-6H3,(H,36,46)/t26?,27-,28+,29?,30?. The average molecular weight is 668 g/mol. The number of carbonyl (C=O) groups is 3. The number of urea groups is 1. The molecule has 13 nitrogen and oxygen atoms in total. The molecule has 2 bridgehead atoms. The van der Waals surface area contributed by atoms with Gasteiger partial charge in [-0.15, -0.1) is 0 Å². The van der Waals surface area contributed by atoms with Gasteiger partial charge in [0.15, 0.2) is 5.75 Å². The molecule has 0 spiro atoms. The van der Waals surface area contributed by atoms with E-state index in [1.807, 2.05) is 45.2 Å². The van der Waals surface area contributed by atoms with Crippen LogP contribution in [-0.4, -0.2) is 143 Å². The van der Waals surface area contributed by atoms with E-state index >= 15 is 0 Å². The molecule has 2 aromatic rings. The number of pyridine rings is 1. The van der Waals surface area contributed by atoms with Crippen LogP contribution >= 0.6 is 0 Å². The number of fused-ring (bicyclic) bond motifs is 3. The van der Waals surface area contributed by atoms with Gasteiger partial charge in [-0.2, -0.15) is 0 Å². The normalized spacial score (nSPS) is 23.3. The largest absolute Gasteiger partial charge is 0.413 e. The van der Waals surface area contributed by atoms with Gasteiger partial charge in [0.1, 0.15) is 0 Å². The summed E-state index contributed by atoms with van der Waals surface area (Å²) < 4.78 is 7.24. The third kappa shape index (κ3) is 8.12. The van der Waals surface area contributed by atoms with Crippen molar-refractivity contribution >= 4 is 28.9 Å². The Balaban J connectivity index is 1.10. The molecule has 0 aliphatic carbocycles. The molecule has 5 rings (SSSR count). The van der Waals surface area contributed by atoms with Gasteiger partial charge < -0.3 is 34.4 Å². The number of ether oxygens (including phenoxy) is 1. The molecule has 1 aromatic heterocycles. The summed E-state index contributed by atoms with van der Waals surface area (Å²) in [5.74, 6) is -0.0598. The number of nitrogens with zero attached hydrogens (tertiary/aromatic N) is 6. The van der Waals surface area contributed by atoms with Crippen LogP contribution in [0.3, 0.4) is 0 Å². The highest BCUT2D eigenvalue weighted by atomic mass is 16.6. The van der Waals surface area contributed by atoms with E-state index < -0.39 is 12.2 Å². The van der Waals surface area contributed by atoms with E-state index in [0.29, 0.717) is 19.6 Å².